The summed E-state index contributed by atoms with van der Waals surface area (Å²) >= 11 is 0. The molecule has 0 aromatic rings. The van der Waals surface area contributed by atoms with E-state index in [0.717, 1.165) is 147 Å². The Labute approximate surface area is 831 Å². The van der Waals surface area contributed by atoms with Crippen molar-refractivity contribution in [3.05, 3.63) is 0 Å². The molecular weight excluding hydrogens is 1890 g/mol. The smallest absolute Gasteiger partial charge is 0.331 e. The summed E-state index contributed by atoms with van der Waals surface area (Å²) in [6, 6.07) is -0.580. The van der Waals surface area contributed by atoms with Crippen molar-refractivity contribution in [1.82, 2.24) is 0 Å². The molecule has 0 aliphatic heterocycles. The summed E-state index contributed by atoms with van der Waals surface area (Å²) in [4.78, 5) is 325. The third-order valence-corrected chi connectivity index (χ3v) is 20.9. The van der Waals surface area contributed by atoms with Crippen LogP contribution < -0.4 is 0 Å². The van der Waals surface area contributed by atoms with Gasteiger partial charge in [-0.15, -0.1) is 0 Å². The van der Waals surface area contributed by atoms with E-state index >= 15 is 0 Å². The molecule has 0 N–H and O–H groups in total. The number of fused-ring (bicyclic) bond motifs is 2. The Morgan fingerprint density at radius 2 is 0.604 bits per heavy atom. The first-order valence-corrected chi connectivity index (χ1v) is 45.7. The van der Waals surface area contributed by atoms with E-state index in [1.54, 1.807) is 36.5 Å². The van der Waals surface area contributed by atoms with Crippen LogP contribution in [0.2, 0.25) is 0 Å². The number of aliphatic imine (C=N–C) groups is 24. The van der Waals surface area contributed by atoms with Gasteiger partial charge in [-0.25, -0.2) is 219 Å². The van der Waals surface area contributed by atoms with Gasteiger partial charge in [0.1, 0.15) is 6.17 Å². The number of hydrogen-bond donors (Lipinski definition) is 0. The summed E-state index contributed by atoms with van der Waals surface area (Å²) in [5.41, 5.74) is 0.0561. The molecule has 5 fully saturated rings. The maximum absolute atomic E-state index is 12.2. The molecule has 144 heavy (non-hydrogen) atoms. The van der Waals surface area contributed by atoms with E-state index in [1.807, 2.05) is 6.92 Å². The van der Waals surface area contributed by atoms with Crippen LogP contribution >= 0.6 is 0 Å². The van der Waals surface area contributed by atoms with E-state index in [1.165, 1.54) is 149 Å². The zero-order chi connectivity index (χ0) is 109. The Morgan fingerprint density at radius 1 is 0.312 bits per heavy atom. The topological polar surface area (TPSA) is 733 Å². The SMILES string of the molecule is CC(CCCCN=C=O)CN=C=O.CC1(C)CC(N=C=O)CC(C)(CN=C=O)C1.CC1C2CCC1C(N=C=O)C2N=C=O.COC(=O)C(CCCCN=C=O)N=C=O.O=C=NC1CCC(CC2CCC(N=C=O)CC2)CC1.O=C=NCC(F)CN=C=O.O=C=NCCCCCCN=C=O.O=C=NCCCCCN=C=O.O=C=NCCCCN=C=O.O=C=NCCCN=C=O.O=C=NCCN=C=O.O=C=NCN=C=O. The van der Waals surface area contributed by atoms with E-state index in [0.29, 0.717) is 128 Å². The molecule has 5 rings (SSSR count). The number of hydrogen-bond acceptors (Lipinski definition) is 50. The third-order valence-electron chi connectivity index (χ3n) is 20.9. The largest absolute Gasteiger partial charge is 0.467 e. The molecule has 8 unspecified atom stereocenters. The summed E-state index contributed by atoms with van der Waals surface area (Å²) in [7, 11) is 1.23. The van der Waals surface area contributed by atoms with Crippen molar-refractivity contribution in [3.63, 3.8) is 0 Å². The monoisotopic (exact) mass is 2010 g/mol. The van der Waals surface area contributed by atoms with Crippen molar-refractivity contribution < 1.29 is 129 Å². The fourth-order valence-corrected chi connectivity index (χ4v) is 14.8. The Morgan fingerprint density at radius 3 is 0.924 bits per heavy atom. The number of esters is 1. The number of ether oxygens (including phenoxy) is 1. The number of isocyanates is 24. The van der Waals surface area contributed by atoms with Crippen LogP contribution in [0.25, 0.3) is 0 Å². The number of carbonyl (C=O) groups is 1. The molecule has 0 saturated heterocycles. The van der Waals surface area contributed by atoms with E-state index in [9.17, 15) is 124 Å². The Bertz CT molecular complexity index is 4610. The maximum Gasteiger partial charge on any atom is 0.331 e. The molecule has 5 aliphatic carbocycles. The highest BCUT2D eigenvalue weighted by Crippen LogP contribution is 2.52. The van der Waals surface area contributed by atoms with E-state index in [4.69, 9.17) is 0 Å². The van der Waals surface area contributed by atoms with Crippen molar-refractivity contribution in [2.45, 2.75) is 270 Å². The molecule has 51 heteroatoms. The van der Waals surface area contributed by atoms with Gasteiger partial charge in [-0.3, -0.25) is 0 Å². The van der Waals surface area contributed by atoms with Crippen LogP contribution in [0.5, 0.6) is 0 Å². The van der Waals surface area contributed by atoms with Gasteiger partial charge in [0, 0.05) is 0 Å². The van der Waals surface area contributed by atoms with E-state index in [-0.39, 0.29) is 73.9 Å². The van der Waals surface area contributed by atoms with Gasteiger partial charge in [0.05, 0.1) is 142 Å². The molecular formula is C93H125FN24O26. The number of carbonyl (C=O) groups excluding carboxylic acids is 25. The summed E-state index contributed by atoms with van der Waals surface area (Å²) in [5, 5.41) is 0. The summed E-state index contributed by atoms with van der Waals surface area (Å²) in [6.45, 7) is 16.0. The first kappa shape index (κ1) is 142. The minimum Gasteiger partial charge on any atom is -0.467 e. The molecule has 0 radical (unpaired) electrons. The lowest BCUT2D eigenvalue weighted by atomic mass is 9.63. The highest BCUT2D eigenvalue weighted by atomic mass is 19.1. The molecule has 2 bridgehead atoms. The van der Waals surface area contributed by atoms with Gasteiger partial charge in [-0.2, -0.15) is 25.0 Å². The molecule has 0 amide bonds. The van der Waals surface area contributed by atoms with Gasteiger partial charge in [0.2, 0.25) is 146 Å². The molecule has 0 aromatic carbocycles. The van der Waals surface area contributed by atoms with Crippen molar-refractivity contribution >= 4 is 152 Å². The fraction of sp³-hybridized carbons (Fsp3) is 0.731. The first-order valence-electron chi connectivity index (χ1n) is 45.7. The average molecular weight is 2010 g/mol. The highest BCUT2D eigenvalue weighted by molar-refractivity contribution is 5.76. The molecule has 780 valence electrons. The van der Waals surface area contributed by atoms with Gasteiger partial charge < -0.3 is 4.74 Å². The summed E-state index contributed by atoms with van der Waals surface area (Å²) < 4.78 is 16.7. The standard InChI is InChI=1S/C15H22N2O2.C12H18N2O2.C10H12N2O2.C9H12N2O4.C9H14N2O2.C8H12N2O2.C7H10N2O2.C6H8N2O2.C5H5FN2O2.C5H6N2O2.C4H4N2O2.C3H2N2O2/c18-10-16-14-5-1-12(2-6-14)9-13-3-7-15(8-4-13)17-11-19;1-11(2)4-10(14-9-16)5-12(3,6-11)7-13-8-15;1-6-7-2-3-8(6)10(12-5-14)9(7)11-4-13;1-15-9(14)8(11-7-13)4-2-3-5-10-6-12;1-9(6-11-8-13)4-2-3-5-10-7-12;11-7-9-5-3-1-2-4-6-10-8-12;10-6-8-4-2-1-3-5-9-7-11;9-5-7-3-1-2-4-8-6-10;6-5(1-7-3-9)2-8-4-10;8-4-6-2-1-3-7-5-9;7-3-5-1-2-6-4-8;6-2-4-1-5-3-7/h12-15H,1-9H2;10H,4-7H2,1-3H3;6-10H,2-3H2,1H3;8H,2-5H2,1H3;9H,2-6H2,1H3;1-6H2;1-5H2;1-4H2;5H,1-2H2;1-3H2;1-2H2;1H2. The molecule has 5 saturated carbocycles. The molecule has 0 aromatic heterocycles. The molecule has 0 heterocycles. The van der Waals surface area contributed by atoms with Gasteiger partial charge in [0.15, 0.2) is 12.7 Å². The van der Waals surface area contributed by atoms with Crippen LogP contribution in [-0.4, -0.2) is 313 Å². The van der Waals surface area contributed by atoms with Gasteiger partial charge in [-0.05, 0) is 220 Å². The lowest BCUT2D eigenvalue weighted by Crippen LogP contribution is -2.39. The van der Waals surface area contributed by atoms with Crippen molar-refractivity contribution in [2.75, 3.05) is 118 Å². The minimum absolute atomic E-state index is 0.00750. The molecule has 8 atom stereocenters. The predicted molar refractivity (Wildman–Crippen MR) is 510 cm³/mol. The molecule has 50 nitrogen and oxygen atoms in total. The maximum atomic E-state index is 12.2. The molecule has 0 spiro atoms. The molecule has 5 aliphatic rings. The van der Waals surface area contributed by atoms with Crippen molar-refractivity contribution in [1.29, 1.82) is 0 Å². The van der Waals surface area contributed by atoms with Gasteiger partial charge in [-0.1, -0.05) is 53.9 Å². The second kappa shape index (κ2) is 113. The Kier molecular flexibility index (Phi) is 111. The second-order valence-corrected chi connectivity index (χ2v) is 32.2. The first-order chi connectivity index (χ1) is 69.9. The van der Waals surface area contributed by atoms with Crippen LogP contribution in [0.3, 0.4) is 0 Å². The van der Waals surface area contributed by atoms with Crippen molar-refractivity contribution in [3.8, 4) is 0 Å². The predicted octanol–water partition coefficient (Wildman–Crippen LogP) is 10.1. The quantitative estimate of drug-likeness (QED) is 0.0236. The number of halogens is 1. The van der Waals surface area contributed by atoms with Crippen LogP contribution in [0.4, 0.5) is 4.39 Å². The number of nitrogens with zero attached hydrogens (tertiary/aromatic N) is 24. The number of unbranched alkanes of at least 4 members (excludes halogenated alkanes) is 8. The normalized spacial score (nSPS) is 18.3. The second-order valence-electron chi connectivity index (χ2n) is 32.2. The highest BCUT2D eigenvalue weighted by Gasteiger charge is 2.53. The van der Waals surface area contributed by atoms with Gasteiger partial charge in [0.25, 0.3) is 0 Å². The number of methoxy groups -OCH3 is 1. The Hall–Kier alpha value is -15.5. The minimum atomic E-state index is -1.39. The summed E-state index contributed by atoms with van der Waals surface area (Å²) in [6.07, 6.45) is 61.2. The average Bonchev–Trinajstić information content (AvgIpc) is 1.61. The zero-order valence-electron chi connectivity index (χ0n) is 82.0. The zero-order valence-corrected chi connectivity index (χ0v) is 82.0. The summed E-state index contributed by atoms with van der Waals surface area (Å²) in [5.74, 6) is 2.77. The lowest BCUT2D eigenvalue weighted by molar-refractivity contribution is -0.142. The van der Waals surface area contributed by atoms with Crippen LogP contribution in [-0.2, 0) is 125 Å². The number of alkyl halides is 1. The fourth-order valence-electron chi connectivity index (χ4n) is 14.8. The van der Waals surface area contributed by atoms with E-state index < -0.39 is 18.2 Å². The van der Waals surface area contributed by atoms with Crippen LogP contribution in [0.1, 0.15) is 227 Å². The van der Waals surface area contributed by atoms with Crippen molar-refractivity contribution in [2.24, 2.45) is 166 Å². The van der Waals surface area contributed by atoms with Crippen LogP contribution in [0.15, 0.2) is 120 Å². The third kappa shape index (κ3) is 96.8. The van der Waals surface area contributed by atoms with Crippen LogP contribution in [0, 0.1) is 46.3 Å². The Balaban J connectivity index is -0.000000287. The number of rotatable bonds is 54. The lowest BCUT2D eigenvalue weighted by Gasteiger charge is -2.44. The van der Waals surface area contributed by atoms with E-state index in [2.05, 4.69) is 152 Å². The van der Waals surface area contributed by atoms with Gasteiger partial charge >= 0.3 is 5.97 Å².